The first kappa shape index (κ1) is 12.2. The third-order valence-corrected chi connectivity index (χ3v) is 4.86. The van der Waals surface area contributed by atoms with Crippen LogP contribution in [0.1, 0.15) is 40.0 Å². The average molecular weight is 242 g/mol. The maximum Gasteiger partial charge on any atom is 0.157 e. The van der Waals surface area contributed by atoms with Crippen molar-refractivity contribution in [3.8, 4) is 0 Å². The van der Waals surface area contributed by atoms with Crippen LogP contribution in [0.25, 0.3) is 0 Å². The first-order valence-electron chi connectivity index (χ1n) is 6.15. The number of hydrogen-bond acceptors (Lipinski definition) is 3. The van der Waals surface area contributed by atoms with E-state index in [1.54, 1.807) is 0 Å². The van der Waals surface area contributed by atoms with Crippen LogP contribution >= 0.6 is 11.8 Å². The van der Waals surface area contributed by atoms with E-state index in [2.05, 4.69) is 31.1 Å². The highest BCUT2D eigenvalue weighted by molar-refractivity contribution is 8.14. The molecule has 2 heterocycles. The molecule has 3 nitrogen and oxygen atoms in total. The molecule has 0 aromatic heterocycles. The van der Waals surface area contributed by atoms with Gasteiger partial charge in [-0.25, -0.2) is 0 Å². The molecule has 2 unspecified atom stereocenters. The summed E-state index contributed by atoms with van der Waals surface area (Å²) in [7, 11) is 0. The zero-order chi connectivity index (χ0) is 11.6. The van der Waals surface area contributed by atoms with Gasteiger partial charge in [0.05, 0.1) is 12.1 Å². The summed E-state index contributed by atoms with van der Waals surface area (Å²) in [5, 5.41) is 4.61. The van der Waals surface area contributed by atoms with E-state index in [0.29, 0.717) is 0 Å². The number of amidine groups is 1. The van der Waals surface area contributed by atoms with Gasteiger partial charge in [-0.3, -0.25) is 4.99 Å². The zero-order valence-electron chi connectivity index (χ0n) is 10.5. The molecule has 16 heavy (non-hydrogen) atoms. The first-order valence-corrected chi connectivity index (χ1v) is 7.13. The number of thioether (sulfide) groups is 1. The fraction of sp³-hybridized carbons (Fsp3) is 0.917. The van der Waals surface area contributed by atoms with Crippen molar-refractivity contribution in [1.29, 1.82) is 0 Å². The fourth-order valence-electron chi connectivity index (χ4n) is 2.03. The van der Waals surface area contributed by atoms with E-state index >= 15 is 0 Å². The van der Waals surface area contributed by atoms with E-state index in [-0.39, 0.29) is 11.1 Å². The maximum absolute atomic E-state index is 5.73. The van der Waals surface area contributed by atoms with Crippen molar-refractivity contribution >= 4 is 16.9 Å². The molecule has 2 aliphatic heterocycles. The van der Waals surface area contributed by atoms with Crippen molar-refractivity contribution in [3.63, 3.8) is 0 Å². The molecule has 0 aromatic carbocycles. The summed E-state index contributed by atoms with van der Waals surface area (Å²) in [4.78, 5) is 4.66. The van der Waals surface area contributed by atoms with E-state index in [1.165, 1.54) is 6.42 Å². The van der Waals surface area contributed by atoms with Gasteiger partial charge in [-0.2, -0.15) is 0 Å². The minimum absolute atomic E-state index is 0.0134. The Morgan fingerprint density at radius 1 is 1.50 bits per heavy atom. The summed E-state index contributed by atoms with van der Waals surface area (Å²) in [5.74, 6) is 1.12. The summed E-state index contributed by atoms with van der Waals surface area (Å²) in [6, 6.07) is 0. The topological polar surface area (TPSA) is 33.6 Å². The lowest BCUT2D eigenvalue weighted by molar-refractivity contribution is 0.0284. The normalized spacial score (nSPS) is 41.6. The van der Waals surface area contributed by atoms with Crippen LogP contribution in [-0.2, 0) is 4.74 Å². The maximum atomic E-state index is 5.73. The van der Waals surface area contributed by atoms with Gasteiger partial charge >= 0.3 is 0 Å². The Hall–Kier alpha value is -0.220. The van der Waals surface area contributed by atoms with Gasteiger partial charge in [0.2, 0.25) is 0 Å². The third-order valence-electron chi connectivity index (χ3n) is 3.57. The van der Waals surface area contributed by atoms with E-state index in [4.69, 9.17) is 4.74 Å². The van der Waals surface area contributed by atoms with Crippen LogP contribution in [0.15, 0.2) is 4.99 Å². The van der Waals surface area contributed by atoms with Crippen LogP contribution in [-0.4, -0.2) is 35.2 Å². The van der Waals surface area contributed by atoms with Gasteiger partial charge in [0.15, 0.2) is 5.17 Å². The largest absolute Gasteiger partial charge is 0.373 e. The highest BCUT2D eigenvalue weighted by Crippen LogP contribution is 2.28. The highest BCUT2D eigenvalue weighted by atomic mass is 32.2. The molecule has 0 radical (unpaired) electrons. The molecule has 4 heteroatoms. The molecule has 0 aliphatic carbocycles. The lowest BCUT2D eigenvalue weighted by atomic mass is 10.0. The minimum atomic E-state index is -0.0134. The molecule has 2 atom stereocenters. The summed E-state index contributed by atoms with van der Waals surface area (Å²) >= 11 is 1.84. The van der Waals surface area contributed by atoms with Crippen molar-refractivity contribution in [2.45, 2.75) is 51.2 Å². The smallest absolute Gasteiger partial charge is 0.157 e. The van der Waals surface area contributed by atoms with Crippen LogP contribution in [0.4, 0.5) is 0 Å². The second-order valence-corrected chi connectivity index (χ2v) is 6.32. The minimum Gasteiger partial charge on any atom is -0.373 e. The van der Waals surface area contributed by atoms with Gasteiger partial charge in [-0.15, -0.1) is 0 Å². The predicted octanol–water partition coefficient (Wildman–Crippen LogP) is 2.42. The van der Waals surface area contributed by atoms with Gasteiger partial charge < -0.3 is 10.1 Å². The SMILES string of the molecule is CCC1(C)CSC(=NCC2(C)CCCO2)N1. The summed E-state index contributed by atoms with van der Waals surface area (Å²) < 4.78 is 5.73. The average Bonchev–Trinajstić information content (AvgIpc) is 2.85. The van der Waals surface area contributed by atoms with Crippen LogP contribution < -0.4 is 5.32 Å². The standard InChI is InChI=1S/C12H22N2OS/c1-4-11(2)9-16-10(14-11)13-8-12(3)6-5-7-15-12/h4-9H2,1-3H3,(H,13,14). The number of nitrogens with one attached hydrogen (secondary N) is 1. The van der Waals surface area contributed by atoms with E-state index in [1.807, 2.05) is 11.8 Å². The van der Waals surface area contributed by atoms with Crippen LogP contribution in [0, 0.1) is 0 Å². The summed E-state index contributed by atoms with van der Waals surface area (Å²) in [5.41, 5.74) is 0.224. The first-order chi connectivity index (χ1) is 7.55. The molecule has 0 saturated carbocycles. The fourth-order valence-corrected chi connectivity index (χ4v) is 3.24. The summed E-state index contributed by atoms with van der Waals surface area (Å²) in [6.07, 6.45) is 3.46. The lowest BCUT2D eigenvalue weighted by Crippen LogP contribution is -2.40. The zero-order valence-corrected chi connectivity index (χ0v) is 11.3. The number of nitrogens with zero attached hydrogens (tertiary/aromatic N) is 1. The van der Waals surface area contributed by atoms with Crippen molar-refractivity contribution in [2.75, 3.05) is 18.9 Å². The second-order valence-electron chi connectivity index (χ2n) is 5.35. The quantitative estimate of drug-likeness (QED) is 0.825. The second kappa shape index (κ2) is 4.57. The van der Waals surface area contributed by atoms with E-state index in [0.717, 1.165) is 36.9 Å². The molecule has 2 rings (SSSR count). The van der Waals surface area contributed by atoms with Gasteiger partial charge in [0.25, 0.3) is 0 Å². The Bertz CT molecular complexity index is 287. The van der Waals surface area contributed by atoms with Crippen molar-refractivity contribution in [2.24, 2.45) is 4.99 Å². The predicted molar refractivity (Wildman–Crippen MR) is 70.2 cm³/mol. The Balaban J connectivity index is 1.89. The molecule has 2 aliphatic rings. The van der Waals surface area contributed by atoms with Crippen molar-refractivity contribution in [1.82, 2.24) is 5.32 Å². The number of ether oxygens (including phenoxy) is 1. The van der Waals surface area contributed by atoms with Crippen LogP contribution in [0.3, 0.4) is 0 Å². The molecule has 0 bridgehead atoms. The lowest BCUT2D eigenvalue weighted by Gasteiger charge is -2.22. The number of hydrogen-bond donors (Lipinski definition) is 1. The van der Waals surface area contributed by atoms with Crippen LogP contribution in [0.2, 0.25) is 0 Å². The molecule has 0 spiro atoms. The number of rotatable bonds is 3. The molecule has 0 amide bonds. The van der Waals surface area contributed by atoms with Crippen LogP contribution in [0.5, 0.6) is 0 Å². The molecule has 1 N–H and O–H groups in total. The molecule has 0 aromatic rings. The van der Waals surface area contributed by atoms with Crippen molar-refractivity contribution < 1.29 is 4.74 Å². The van der Waals surface area contributed by atoms with E-state index < -0.39 is 0 Å². The van der Waals surface area contributed by atoms with Crippen molar-refractivity contribution in [3.05, 3.63) is 0 Å². The Kier molecular flexibility index (Phi) is 3.50. The molecule has 92 valence electrons. The summed E-state index contributed by atoms with van der Waals surface area (Å²) in [6.45, 7) is 8.34. The molecule has 2 fully saturated rings. The van der Waals surface area contributed by atoms with Gasteiger partial charge in [0, 0.05) is 17.9 Å². The Morgan fingerprint density at radius 3 is 2.88 bits per heavy atom. The molecule has 2 saturated heterocycles. The van der Waals surface area contributed by atoms with Gasteiger partial charge in [-0.05, 0) is 33.1 Å². The molecular formula is C12H22N2OS. The molecular weight excluding hydrogens is 220 g/mol. The highest BCUT2D eigenvalue weighted by Gasteiger charge is 2.33. The number of aliphatic imine (C=N–C) groups is 1. The van der Waals surface area contributed by atoms with Gasteiger partial charge in [-0.1, -0.05) is 18.7 Å². The monoisotopic (exact) mass is 242 g/mol. The van der Waals surface area contributed by atoms with E-state index in [9.17, 15) is 0 Å². The Morgan fingerprint density at radius 2 is 2.31 bits per heavy atom. The Labute approximate surface area is 102 Å². The van der Waals surface area contributed by atoms with Gasteiger partial charge in [0.1, 0.15) is 0 Å². The third kappa shape index (κ3) is 2.72.